The molecule has 128 valence electrons. The molecule has 0 aromatic carbocycles. The summed E-state index contributed by atoms with van der Waals surface area (Å²) < 4.78 is 33.0. The van der Waals surface area contributed by atoms with Crippen molar-refractivity contribution in [3.05, 3.63) is 23.9 Å². The Kier molecular flexibility index (Phi) is 5.51. The lowest BCUT2D eigenvalue weighted by atomic mass is 9.99. The minimum Gasteiger partial charge on any atom is -0.470 e. The van der Waals surface area contributed by atoms with Gasteiger partial charge in [0.2, 0.25) is 5.88 Å². The van der Waals surface area contributed by atoms with Crippen LogP contribution in [0.5, 0.6) is 5.88 Å². The Morgan fingerprint density at radius 2 is 2.30 bits per heavy atom. The largest absolute Gasteiger partial charge is 0.470 e. The highest BCUT2D eigenvalue weighted by Crippen LogP contribution is 2.21. The van der Waals surface area contributed by atoms with E-state index in [2.05, 4.69) is 15.2 Å². The molecule has 1 aromatic rings. The summed E-state index contributed by atoms with van der Waals surface area (Å²) in [6.45, 7) is 3.49. The summed E-state index contributed by atoms with van der Waals surface area (Å²) in [5, 5.41) is 2.44. The fourth-order valence-corrected chi connectivity index (χ4v) is 2.56. The Bertz CT molecular complexity index is 554. The van der Waals surface area contributed by atoms with Crippen molar-refractivity contribution < 1.29 is 18.3 Å². The van der Waals surface area contributed by atoms with E-state index in [1.165, 1.54) is 6.20 Å². The molecule has 1 N–H and O–H groups in total. The van der Waals surface area contributed by atoms with Gasteiger partial charge in [0.1, 0.15) is 0 Å². The third kappa shape index (κ3) is 4.60. The molecule has 7 heteroatoms. The van der Waals surface area contributed by atoms with Crippen LogP contribution >= 0.6 is 0 Å². The SMILES string of the molecule is Cc1cccnc1OCC(F)(F)C(=O)N[C@@H]1CCN(C)[C@H](C)C1. The number of alkyl halides is 2. The summed E-state index contributed by atoms with van der Waals surface area (Å²) in [5.41, 5.74) is 0.646. The normalized spacial score (nSPS) is 22.7. The van der Waals surface area contributed by atoms with Gasteiger partial charge in [-0.3, -0.25) is 4.79 Å². The average molecular weight is 327 g/mol. The minimum absolute atomic E-state index is 0.118. The zero-order chi connectivity index (χ0) is 17.0. The maximum atomic E-state index is 14.0. The second-order valence-electron chi connectivity index (χ2n) is 6.14. The predicted octanol–water partition coefficient (Wildman–Crippen LogP) is 2.00. The van der Waals surface area contributed by atoms with Gasteiger partial charge in [-0.25, -0.2) is 4.98 Å². The molecule has 1 amide bonds. The van der Waals surface area contributed by atoms with Crippen LogP contribution in [0.3, 0.4) is 0 Å². The second-order valence-corrected chi connectivity index (χ2v) is 6.14. The summed E-state index contributed by atoms with van der Waals surface area (Å²) in [6.07, 6.45) is 2.79. The molecule has 23 heavy (non-hydrogen) atoms. The van der Waals surface area contributed by atoms with Gasteiger partial charge in [-0.05, 0) is 39.8 Å². The number of nitrogens with zero attached hydrogens (tertiary/aromatic N) is 2. The molecule has 1 aliphatic rings. The fourth-order valence-electron chi connectivity index (χ4n) is 2.56. The zero-order valence-electron chi connectivity index (χ0n) is 13.7. The van der Waals surface area contributed by atoms with Crippen LogP contribution in [0.4, 0.5) is 8.78 Å². The molecule has 0 radical (unpaired) electrons. The summed E-state index contributed by atoms with van der Waals surface area (Å²) in [6, 6.07) is 3.43. The first kappa shape index (κ1) is 17.6. The molecule has 2 atom stereocenters. The van der Waals surface area contributed by atoms with Crippen LogP contribution < -0.4 is 10.1 Å². The highest BCUT2D eigenvalue weighted by Gasteiger charge is 2.41. The Labute approximate surface area is 135 Å². The van der Waals surface area contributed by atoms with Crippen LogP contribution in [0.25, 0.3) is 0 Å². The number of carbonyl (C=O) groups excluding carboxylic acids is 1. The third-order valence-corrected chi connectivity index (χ3v) is 4.23. The van der Waals surface area contributed by atoms with Crippen LogP contribution in [-0.4, -0.2) is 54.0 Å². The molecular formula is C16H23F2N3O2. The van der Waals surface area contributed by atoms with Crippen LogP contribution in [0, 0.1) is 6.92 Å². The molecule has 0 spiro atoms. The van der Waals surface area contributed by atoms with E-state index in [1.54, 1.807) is 19.1 Å². The number of halogens is 2. The number of pyridine rings is 1. The maximum Gasteiger partial charge on any atom is 0.357 e. The fraction of sp³-hybridized carbons (Fsp3) is 0.625. The predicted molar refractivity (Wildman–Crippen MR) is 82.7 cm³/mol. The first-order valence-corrected chi connectivity index (χ1v) is 7.73. The van der Waals surface area contributed by atoms with Crippen LogP contribution in [0.15, 0.2) is 18.3 Å². The van der Waals surface area contributed by atoms with E-state index < -0.39 is 18.4 Å². The van der Waals surface area contributed by atoms with Crippen LogP contribution in [-0.2, 0) is 4.79 Å². The van der Waals surface area contributed by atoms with Gasteiger partial charge in [-0.1, -0.05) is 6.07 Å². The number of piperidine rings is 1. The topological polar surface area (TPSA) is 54.5 Å². The monoisotopic (exact) mass is 327 g/mol. The van der Waals surface area contributed by atoms with Gasteiger partial charge in [-0.2, -0.15) is 8.78 Å². The van der Waals surface area contributed by atoms with E-state index in [4.69, 9.17) is 4.74 Å². The molecule has 1 aromatic heterocycles. The number of amides is 1. The molecule has 1 saturated heterocycles. The van der Waals surface area contributed by atoms with Crippen molar-refractivity contribution in [1.29, 1.82) is 0 Å². The molecular weight excluding hydrogens is 304 g/mol. The van der Waals surface area contributed by atoms with Crippen LogP contribution in [0.2, 0.25) is 0 Å². The quantitative estimate of drug-likeness (QED) is 0.899. The number of aryl methyl sites for hydroxylation is 1. The van der Waals surface area contributed by atoms with Gasteiger partial charge in [-0.15, -0.1) is 0 Å². The lowest BCUT2D eigenvalue weighted by molar-refractivity contribution is -0.151. The van der Waals surface area contributed by atoms with Gasteiger partial charge < -0.3 is 15.0 Å². The molecule has 5 nitrogen and oxygen atoms in total. The molecule has 1 fully saturated rings. The minimum atomic E-state index is -3.59. The van der Waals surface area contributed by atoms with Gasteiger partial charge in [0.15, 0.2) is 6.61 Å². The molecule has 0 bridgehead atoms. The highest BCUT2D eigenvalue weighted by molar-refractivity contribution is 5.83. The van der Waals surface area contributed by atoms with E-state index in [9.17, 15) is 13.6 Å². The van der Waals surface area contributed by atoms with E-state index >= 15 is 0 Å². The summed E-state index contributed by atoms with van der Waals surface area (Å²) in [7, 11) is 1.99. The zero-order valence-corrected chi connectivity index (χ0v) is 13.7. The first-order valence-electron chi connectivity index (χ1n) is 7.73. The van der Waals surface area contributed by atoms with E-state index in [0.717, 1.165) is 6.54 Å². The van der Waals surface area contributed by atoms with E-state index in [-0.39, 0.29) is 18.0 Å². The van der Waals surface area contributed by atoms with Crippen molar-refractivity contribution in [1.82, 2.24) is 15.2 Å². The Hall–Kier alpha value is -1.76. The molecule has 2 heterocycles. The molecule has 2 rings (SSSR count). The summed E-state index contributed by atoms with van der Waals surface area (Å²) in [5.74, 6) is -4.75. The number of rotatable bonds is 5. The number of ether oxygens (including phenoxy) is 1. The number of carbonyl (C=O) groups is 1. The van der Waals surface area contributed by atoms with Gasteiger partial charge >= 0.3 is 5.92 Å². The van der Waals surface area contributed by atoms with Crippen molar-refractivity contribution in [3.63, 3.8) is 0 Å². The third-order valence-electron chi connectivity index (χ3n) is 4.23. The highest BCUT2D eigenvalue weighted by atomic mass is 19.3. The van der Waals surface area contributed by atoms with Crippen molar-refractivity contribution in [2.45, 2.75) is 44.7 Å². The van der Waals surface area contributed by atoms with Crippen molar-refractivity contribution in [3.8, 4) is 5.88 Å². The number of aromatic nitrogens is 1. The number of nitrogens with one attached hydrogen (secondary N) is 1. The van der Waals surface area contributed by atoms with Gasteiger partial charge in [0.25, 0.3) is 5.91 Å². The molecule has 1 aliphatic heterocycles. The standard InChI is InChI=1S/C16H23F2N3O2/c1-11-5-4-7-19-14(11)23-10-16(17,18)15(22)20-13-6-8-21(3)12(2)9-13/h4-5,7,12-13H,6,8-10H2,1-3H3,(H,20,22)/t12-,13-/m1/s1. The number of hydrogen-bond acceptors (Lipinski definition) is 4. The molecule has 0 aliphatic carbocycles. The Morgan fingerprint density at radius 3 is 2.96 bits per heavy atom. The smallest absolute Gasteiger partial charge is 0.357 e. The van der Waals surface area contributed by atoms with Crippen molar-refractivity contribution >= 4 is 5.91 Å². The van der Waals surface area contributed by atoms with Gasteiger partial charge in [0.05, 0.1) is 0 Å². The molecule has 0 unspecified atom stereocenters. The lowest BCUT2D eigenvalue weighted by Crippen LogP contribution is -2.52. The molecule has 0 saturated carbocycles. The average Bonchev–Trinajstić information content (AvgIpc) is 2.50. The maximum absolute atomic E-state index is 14.0. The van der Waals surface area contributed by atoms with Crippen molar-refractivity contribution in [2.24, 2.45) is 0 Å². The second kappa shape index (κ2) is 7.21. The van der Waals surface area contributed by atoms with E-state index in [0.29, 0.717) is 18.4 Å². The summed E-state index contributed by atoms with van der Waals surface area (Å²) >= 11 is 0. The Balaban J connectivity index is 1.88. The number of hydrogen-bond donors (Lipinski definition) is 1. The van der Waals surface area contributed by atoms with E-state index in [1.807, 2.05) is 14.0 Å². The van der Waals surface area contributed by atoms with Gasteiger partial charge in [0, 0.05) is 30.4 Å². The Morgan fingerprint density at radius 1 is 1.57 bits per heavy atom. The van der Waals surface area contributed by atoms with Crippen LogP contribution in [0.1, 0.15) is 25.3 Å². The first-order chi connectivity index (χ1) is 10.8. The lowest BCUT2D eigenvalue weighted by Gasteiger charge is -2.35. The van der Waals surface area contributed by atoms with Crippen molar-refractivity contribution in [2.75, 3.05) is 20.2 Å². The summed E-state index contributed by atoms with van der Waals surface area (Å²) in [4.78, 5) is 17.9. The number of likely N-dealkylation sites (tertiary alicyclic amines) is 1.